The first-order valence-electron chi connectivity index (χ1n) is 10.2. The van der Waals surface area contributed by atoms with Gasteiger partial charge in [0, 0.05) is 10.4 Å². The summed E-state index contributed by atoms with van der Waals surface area (Å²) in [4.78, 5) is 13.9. The van der Waals surface area contributed by atoms with Crippen molar-refractivity contribution in [2.45, 2.75) is 68.1 Å². The van der Waals surface area contributed by atoms with Crippen molar-refractivity contribution in [1.29, 1.82) is 0 Å². The molecule has 0 saturated carbocycles. The van der Waals surface area contributed by atoms with Gasteiger partial charge in [-0.1, -0.05) is 60.6 Å². The molecule has 0 amide bonds. The summed E-state index contributed by atoms with van der Waals surface area (Å²) in [5.41, 5.74) is 3.06. The van der Waals surface area contributed by atoms with Gasteiger partial charge in [0.15, 0.2) is 12.1 Å². The number of Topliss-reactive ketones (excluding diaryl/α,β-unsaturated/α-hetero) is 1. The van der Waals surface area contributed by atoms with Crippen LogP contribution in [0.5, 0.6) is 0 Å². The van der Waals surface area contributed by atoms with Crippen LogP contribution >= 0.6 is 11.3 Å². The van der Waals surface area contributed by atoms with E-state index in [4.69, 9.17) is 9.47 Å². The number of hydrogen-bond acceptors (Lipinski definition) is 4. The zero-order valence-electron chi connectivity index (χ0n) is 18.2. The van der Waals surface area contributed by atoms with E-state index in [1.807, 2.05) is 53.7 Å². The summed E-state index contributed by atoms with van der Waals surface area (Å²) in [7, 11) is 0. The van der Waals surface area contributed by atoms with Crippen LogP contribution in [0, 0.1) is 0 Å². The molecule has 4 heteroatoms. The molecule has 0 unspecified atom stereocenters. The predicted molar refractivity (Wildman–Crippen MR) is 118 cm³/mol. The van der Waals surface area contributed by atoms with E-state index in [9.17, 15) is 4.79 Å². The van der Waals surface area contributed by atoms with Crippen molar-refractivity contribution in [3.05, 3.63) is 46.3 Å². The Morgan fingerprint density at radius 1 is 1.00 bits per heavy atom. The van der Waals surface area contributed by atoms with Crippen LogP contribution in [0.25, 0.3) is 10.4 Å². The molecule has 27 heavy (non-hydrogen) atoms. The maximum absolute atomic E-state index is 11.6. The van der Waals surface area contributed by atoms with Crippen LogP contribution in [-0.2, 0) is 15.9 Å². The Bertz CT molecular complexity index is 655. The second-order valence-corrected chi connectivity index (χ2v) is 6.17. The number of benzene rings is 1. The summed E-state index contributed by atoms with van der Waals surface area (Å²) in [6, 6.07) is 10.2. The van der Waals surface area contributed by atoms with Gasteiger partial charge in [-0.05, 0) is 42.7 Å². The monoisotopic (exact) mass is 392 g/mol. The molecule has 1 aromatic carbocycles. The Labute approximate surface area is 169 Å². The number of ketones is 1. The lowest BCUT2D eigenvalue weighted by molar-refractivity contribution is -0.0413. The van der Waals surface area contributed by atoms with Crippen molar-refractivity contribution < 1.29 is 14.3 Å². The van der Waals surface area contributed by atoms with Gasteiger partial charge >= 0.3 is 0 Å². The van der Waals surface area contributed by atoms with Gasteiger partial charge in [-0.15, -0.1) is 11.3 Å². The standard InChI is InChI=1S/C17H18O3S.3C2H6/c1-3-12-10-13(4-5-14(12)11(2)18)15-6-7-16(21-15)17-19-8-9-20-17;3*1-2/h4-7,10,17H,3,8-9H2,1-2H3;3*1-2H3. The highest BCUT2D eigenvalue weighted by Gasteiger charge is 2.20. The highest BCUT2D eigenvalue weighted by molar-refractivity contribution is 7.15. The molecule has 2 aromatic rings. The van der Waals surface area contributed by atoms with Gasteiger partial charge in [0.2, 0.25) is 0 Å². The van der Waals surface area contributed by atoms with Gasteiger partial charge in [-0.2, -0.15) is 0 Å². The number of carbonyl (C=O) groups excluding carboxylic acids is 1. The molecule has 1 fully saturated rings. The lowest BCUT2D eigenvalue weighted by Gasteiger charge is -2.07. The first-order chi connectivity index (χ1) is 13.2. The predicted octanol–water partition coefficient (Wildman–Crippen LogP) is 7.30. The van der Waals surface area contributed by atoms with Crippen LogP contribution in [0.3, 0.4) is 0 Å². The van der Waals surface area contributed by atoms with Crippen LogP contribution in [0.4, 0.5) is 0 Å². The molecule has 2 heterocycles. The molecule has 0 radical (unpaired) electrons. The third kappa shape index (κ3) is 7.21. The molecule has 0 aliphatic carbocycles. The maximum atomic E-state index is 11.6. The number of ether oxygens (including phenoxy) is 2. The van der Waals surface area contributed by atoms with Crippen molar-refractivity contribution in [3.8, 4) is 10.4 Å². The van der Waals surface area contributed by atoms with Crippen molar-refractivity contribution in [2.24, 2.45) is 0 Å². The van der Waals surface area contributed by atoms with Gasteiger partial charge in [-0.25, -0.2) is 0 Å². The normalized spacial score (nSPS) is 12.7. The van der Waals surface area contributed by atoms with Crippen LogP contribution < -0.4 is 0 Å². The van der Waals surface area contributed by atoms with Crippen LogP contribution in [0.1, 0.15) is 82.5 Å². The average molecular weight is 393 g/mol. The second kappa shape index (κ2) is 14.6. The van der Waals surface area contributed by atoms with E-state index in [0.717, 1.165) is 28.0 Å². The fourth-order valence-electron chi connectivity index (χ4n) is 2.54. The SMILES string of the molecule is CC.CC.CC.CCc1cc(-c2ccc(C3OCCO3)s2)ccc1C(C)=O. The van der Waals surface area contributed by atoms with Crippen molar-refractivity contribution in [3.63, 3.8) is 0 Å². The highest BCUT2D eigenvalue weighted by atomic mass is 32.1. The summed E-state index contributed by atoms with van der Waals surface area (Å²) in [5, 5.41) is 0. The van der Waals surface area contributed by atoms with Crippen molar-refractivity contribution in [2.75, 3.05) is 13.2 Å². The maximum Gasteiger partial charge on any atom is 0.193 e. The number of rotatable bonds is 4. The average Bonchev–Trinajstić information content (AvgIpc) is 3.43. The molecule has 3 nitrogen and oxygen atoms in total. The largest absolute Gasteiger partial charge is 0.345 e. The minimum absolute atomic E-state index is 0.123. The van der Waals surface area contributed by atoms with Crippen LogP contribution in [-0.4, -0.2) is 19.0 Å². The topological polar surface area (TPSA) is 35.5 Å². The molecular weight excluding hydrogens is 356 g/mol. The molecule has 152 valence electrons. The smallest absolute Gasteiger partial charge is 0.193 e. The van der Waals surface area contributed by atoms with E-state index in [0.29, 0.717) is 13.2 Å². The Morgan fingerprint density at radius 3 is 2.11 bits per heavy atom. The summed E-state index contributed by atoms with van der Waals surface area (Å²) in [6.07, 6.45) is 0.640. The Balaban J connectivity index is 0.00000103. The van der Waals surface area contributed by atoms with E-state index in [1.165, 1.54) is 4.88 Å². The molecule has 1 aliphatic rings. The minimum atomic E-state index is -0.217. The van der Waals surface area contributed by atoms with E-state index < -0.39 is 0 Å². The van der Waals surface area contributed by atoms with Crippen LogP contribution in [0.15, 0.2) is 30.3 Å². The summed E-state index contributed by atoms with van der Waals surface area (Å²) >= 11 is 1.68. The van der Waals surface area contributed by atoms with Gasteiger partial charge < -0.3 is 9.47 Å². The number of aryl methyl sites for hydroxylation is 1. The molecule has 0 spiro atoms. The first kappa shape index (κ1) is 25.5. The molecule has 3 rings (SSSR count). The third-order valence-electron chi connectivity index (χ3n) is 3.63. The zero-order chi connectivity index (χ0) is 20.8. The zero-order valence-corrected chi connectivity index (χ0v) is 19.0. The Hall–Kier alpha value is -1.49. The quantitative estimate of drug-likeness (QED) is 0.512. The molecule has 1 aromatic heterocycles. The molecule has 0 atom stereocenters. The number of thiophene rings is 1. The summed E-state index contributed by atoms with van der Waals surface area (Å²) < 4.78 is 11.1. The first-order valence-corrected chi connectivity index (χ1v) is 11.0. The van der Waals surface area contributed by atoms with Gasteiger partial charge in [-0.3, -0.25) is 4.79 Å². The van der Waals surface area contributed by atoms with Gasteiger partial charge in [0.05, 0.1) is 18.1 Å². The number of carbonyl (C=O) groups is 1. The summed E-state index contributed by atoms with van der Waals surface area (Å²) in [6.45, 7) is 17.0. The lowest BCUT2D eigenvalue weighted by Crippen LogP contribution is -1.98. The fourth-order valence-corrected chi connectivity index (χ4v) is 3.54. The minimum Gasteiger partial charge on any atom is -0.345 e. The second-order valence-electron chi connectivity index (χ2n) is 5.06. The van der Waals surface area contributed by atoms with Crippen LogP contribution in [0.2, 0.25) is 0 Å². The highest BCUT2D eigenvalue weighted by Crippen LogP contribution is 2.35. The van der Waals surface area contributed by atoms with Crippen molar-refractivity contribution >= 4 is 17.1 Å². The molecule has 0 N–H and O–H groups in total. The molecular formula is C23H36O3S. The van der Waals surface area contributed by atoms with Gasteiger partial charge in [0.1, 0.15) is 0 Å². The molecule has 1 aliphatic heterocycles. The Morgan fingerprint density at radius 2 is 1.59 bits per heavy atom. The lowest BCUT2D eigenvalue weighted by atomic mass is 9.99. The molecule has 0 bridgehead atoms. The third-order valence-corrected chi connectivity index (χ3v) is 4.79. The number of hydrogen-bond donors (Lipinski definition) is 0. The van der Waals surface area contributed by atoms with E-state index in [-0.39, 0.29) is 12.1 Å². The van der Waals surface area contributed by atoms with E-state index >= 15 is 0 Å². The summed E-state index contributed by atoms with van der Waals surface area (Å²) in [5.74, 6) is 0.123. The molecule has 1 saturated heterocycles. The Kier molecular flexibility index (Phi) is 13.8. The van der Waals surface area contributed by atoms with E-state index in [1.54, 1.807) is 18.3 Å². The van der Waals surface area contributed by atoms with E-state index in [2.05, 4.69) is 25.1 Å². The van der Waals surface area contributed by atoms with Crippen molar-refractivity contribution in [1.82, 2.24) is 0 Å². The van der Waals surface area contributed by atoms with Gasteiger partial charge in [0.25, 0.3) is 0 Å². The fraction of sp³-hybridized carbons (Fsp3) is 0.522.